The molecule has 6 heteroatoms. The lowest BCUT2D eigenvalue weighted by molar-refractivity contribution is -0.142. The van der Waals surface area contributed by atoms with Gasteiger partial charge in [0.1, 0.15) is 6.61 Å². The first-order chi connectivity index (χ1) is 8.95. The molecule has 5 nitrogen and oxygen atoms in total. The van der Waals surface area contributed by atoms with Gasteiger partial charge in [-0.05, 0) is 12.0 Å². The average molecular weight is 330 g/mol. The topological polar surface area (TPSA) is 78.6 Å². The molecule has 1 aromatic carbocycles. The highest BCUT2D eigenvalue weighted by atomic mass is 79.9. The summed E-state index contributed by atoms with van der Waals surface area (Å²) in [6, 6.07) is 9.08. The number of halogens is 1. The van der Waals surface area contributed by atoms with Gasteiger partial charge in [-0.3, -0.25) is 0 Å². The molecule has 0 aliphatic carbocycles. The molecule has 1 atom stereocenters. The zero-order valence-electron chi connectivity index (χ0n) is 10.6. The molecule has 0 amide bonds. The molecule has 0 saturated heterocycles. The van der Waals surface area contributed by atoms with Crippen molar-refractivity contribution in [1.29, 1.82) is 0 Å². The maximum absolute atomic E-state index is 11.6. The summed E-state index contributed by atoms with van der Waals surface area (Å²) in [5, 5.41) is 0. The molecule has 1 aromatic rings. The average Bonchev–Trinajstić information content (AvgIpc) is 2.37. The van der Waals surface area contributed by atoms with E-state index in [9.17, 15) is 9.59 Å². The molecule has 0 aromatic heterocycles. The summed E-state index contributed by atoms with van der Waals surface area (Å²) in [5.74, 6) is -0.854. The highest BCUT2D eigenvalue weighted by molar-refractivity contribution is 9.10. The van der Waals surface area contributed by atoms with E-state index in [1.807, 2.05) is 25.1 Å². The van der Waals surface area contributed by atoms with Crippen LogP contribution in [0.5, 0.6) is 0 Å². The van der Waals surface area contributed by atoms with E-state index < -0.39 is 16.6 Å². The summed E-state index contributed by atoms with van der Waals surface area (Å²) >= 11 is 3.03. The smallest absolute Gasteiger partial charge is 0.429 e. The van der Waals surface area contributed by atoms with Crippen molar-refractivity contribution in [2.24, 2.45) is 5.73 Å². The van der Waals surface area contributed by atoms with Crippen LogP contribution in [0.15, 0.2) is 30.3 Å². The van der Waals surface area contributed by atoms with Gasteiger partial charge in [-0.2, -0.15) is 0 Å². The number of carbonyl (C=O) groups excluding carboxylic acids is 2. The molecule has 2 N–H and O–H groups in total. The number of ether oxygens (including phenoxy) is 2. The van der Waals surface area contributed by atoms with Crippen molar-refractivity contribution in [3.05, 3.63) is 35.9 Å². The van der Waals surface area contributed by atoms with Gasteiger partial charge in [0.25, 0.3) is 0 Å². The first-order valence-electron chi connectivity index (χ1n) is 5.86. The molecule has 0 aliphatic rings. The molecule has 104 valence electrons. The van der Waals surface area contributed by atoms with Crippen molar-refractivity contribution < 1.29 is 19.1 Å². The van der Waals surface area contributed by atoms with Gasteiger partial charge in [0.2, 0.25) is 0 Å². The largest absolute Gasteiger partial charge is 0.516 e. The number of hydrogen-bond donors (Lipinski definition) is 1. The zero-order chi connectivity index (χ0) is 14.3. The number of rotatable bonds is 5. The van der Waals surface area contributed by atoms with Crippen LogP contribution >= 0.6 is 15.9 Å². The predicted octanol–water partition coefficient (Wildman–Crippen LogP) is 2.72. The Morgan fingerprint density at radius 1 is 1.32 bits per heavy atom. The Hall–Kier alpha value is -1.40. The van der Waals surface area contributed by atoms with Crippen LogP contribution in [0.4, 0.5) is 4.79 Å². The molecule has 0 aliphatic heterocycles. The van der Waals surface area contributed by atoms with Crippen LogP contribution < -0.4 is 5.73 Å². The van der Waals surface area contributed by atoms with Crippen molar-refractivity contribution in [2.45, 2.75) is 30.8 Å². The molecule has 1 rings (SSSR count). The quantitative estimate of drug-likeness (QED) is 0.389. The normalized spacial score (nSPS) is 13.4. The third-order valence-electron chi connectivity index (χ3n) is 2.33. The van der Waals surface area contributed by atoms with Crippen molar-refractivity contribution in [1.82, 2.24) is 0 Å². The van der Waals surface area contributed by atoms with E-state index in [2.05, 4.69) is 20.7 Å². The first-order valence-corrected chi connectivity index (χ1v) is 6.65. The Bertz CT molecular complexity index is 434. The first kappa shape index (κ1) is 15.7. The van der Waals surface area contributed by atoms with Crippen LogP contribution in [0.1, 0.15) is 25.3 Å². The van der Waals surface area contributed by atoms with Gasteiger partial charge in [0.05, 0.1) is 0 Å². The van der Waals surface area contributed by atoms with E-state index in [-0.39, 0.29) is 6.61 Å². The predicted molar refractivity (Wildman–Crippen MR) is 73.5 cm³/mol. The Kier molecular flexibility index (Phi) is 5.98. The maximum Gasteiger partial charge on any atom is 0.516 e. The molecule has 0 radical (unpaired) electrons. The lowest BCUT2D eigenvalue weighted by Gasteiger charge is -2.18. The number of benzene rings is 1. The van der Waals surface area contributed by atoms with Crippen LogP contribution in [-0.4, -0.2) is 16.6 Å². The molecule has 0 heterocycles. The molecule has 0 fully saturated rings. The second-order valence-electron chi connectivity index (χ2n) is 4.03. The van der Waals surface area contributed by atoms with E-state index in [0.717, 1.165) is 5.56 Å². The highest BCUT2D eigenvalue weighted by Crippen LogP contribution is 2.19. The zero-order valence-corrected chi connectivity index (χ0v) is 12.2. The van der Waals surface area contributed by atoms with E-state index in [1.165, 1.54) is 0 Å². The Morgan fingerprint density at radius 2 is 1.95 bits per heavy atom. The molecule has 0 bridgehead atoms. The van der Waals surface area contributed by atoms with Crippen molar-refractivity contribution in [3.8, 4) is 0 Å². The third-order valence-corrected chi connectivity index (χ3v) is 3.05. The van der Waals surface area contributed by atoms with Crippen LogP contribution in [0.25, 0.3) is 0 Å². The number of carbonyl (C=O) groups is 2. The van der Waals surface area contributed by atoms with Gasteiger partial charge in [-0.1, -0.05) is 59.6 Å². The minimum absolute atomic E-state index is 0.0423. The second kappa shape index (κ2) is 7.25. The van der Waals surface area contributed by atoms with Gasteiger partial charge >= 0.3 is 12.1 Å². The summed E-state index contributed by atoms with van der Waals surface area (Å²) in [7, 11) is 0. The van der Waals surface area contributed by atoms with E-state index >= 15 is 0 Å². The van der Waals surface area contributed by atoms with Gasteiger partial charge < -0.3 is 15.2 Å². The van der Waals surface area contributed by atoms with Crippen LogP contribution in [0, 0.1) is 0 Å². The number of nitrogens with two attached hydrogens (primary N) is 1. The molecule has 1 unspecified atom stereocenters. The molecule has 0 saturated carbocycles. The number of esters is 1. The van der Waals surface area contributed by atoms with Crippen LogP contribution in [-0.2, 0) is 20.9 Å². The lowest BCUT2D eigenvalue weighted by Crippen LogP contribution is -2.43. The lowest BCUT2D eigenvalue weighted by atomic mass is 10.2. The molecule has 0 spiro atoms. The fourth-order valence-electron chi connectivity index (χ4n) is 1.37. The van der Waals surface area contributed by atoms with Gasteiger partial charge in [0.15, 0.2) is 4.45 Å². The van der Waals surface area contributed by atoms with Crippen molar-refractivity contribution >= 4 is 28.1 Å². The number of hydrogen-bond acceptors (Lipinski definition) is 5. The van der Waals surface area contributed by atoms with Gasteiger partial charge in [-0.25, -0.2) is 9.59 Å². The van der Waals surface area contributed by atoms with E-state index in [0.29, 0.717) is 12.8 Å². The Labute approximate surface area is 120 Å². The molecule has 19 heavy (non-hydrogen) atoms. The standard InChI is InChI=1S/C13H16BrNO4/c1-2-8-13(14,15)11(16)19-12(17)18-9-10-6-4-3-5-7-10/h3-7H,2,8-9,15H2,1H3. The maximum atomic E-state index is 11.6. The minimum Gasteiger partial charge on any atom is -0.429 e. The Balaban J connectivity index is 2.41. The van der Waals surface area contributed by atoms with Crippen molar-refractivity contribution in [2.75, 3.05) is 0 Å². The third kappa shape index (κ3) is 5.40. The SMILES string of the molecule is CCCC(N)(Br)C(=O)OC(=O)OCc1ccccc1. The summed E-state index contributed by atoms with van der Waals surface area (Å²) < 4.78 is 7.98. The highest BCUT2D eigenvalue weighted by Gasteiger charge is 2.33. The van der Waals surface area contributed by atoms with E-state index in [4.69, 9.17) is 10.5 Å². The molecular weight excluding hydrogens is 314 g/mol. The Morgan fingerprint density at radius 3 is 2.53 bits per heavy atom. The summed E-state index contributed by atoms with van der Waals surface area (Å²) in [4.78, 5) is 22.9. The monoisotopic (exact) mass is 329 g/mol. The second-order valence-corrected chi connectivity index (χ2v) is 5.44. The summed E-state index contributed by atoms with van der Waals surface area (Å²) in [6.45, 7) is 1.91. The minimum atomic E-state index is -1.35. The van der Waals surface area contributed by atoms with Crippen LogP contribution in [0.2, 0.25) is 0 Å². The number of alkyl halides is 1. The summed E-state index contributed by atoms with van der Waals surface area (Å²) in [6.07, 6.45) is -0.0208. The van der Waals surface area contributed by atoms with Crippen LogP contribution in [0.3, 0.4) is 0 Å². The summed E-state index contributed by atoms with van der Waals surface area (Å²) in [5.41, 5.74) is 6.46. The fraction of sp³-hybridized carbons (Fsp3) is 0.385. The fourth-order valence-corrected chi connectivity index (χ4v) is 1.85. The van der Waals surface area contributed by atoms with Gasteiger partial charge in [-0.15, -0.1) is 0 Å². The van der Waals surface area contributed by atoms with Crippen molar-refractivity contribution in [3.63, 3.8) is 0 Å². The van der Waals surface area contributed by atoms with Gasteiger partial charge in [0, 0.05) is 0 Å². The molecular formula is C13H16BrNO4. The van der Waals surface area contributed by atoms with E-state index in [1.54, 1.807) is 12.1 Å².